The fourth-order valence-electron chi connectivity index (χ4n) is 2.26. The molecule has 3 aromatic heterocycles. The molecule has 0 aliphatic heterocycles. The maximum atomic E-state index is 11.6. The number of carboxylic acid groups (broad SMARTS) is 1. The summed E-state index contributed by atoms with van der Waals surface area (Å²) in [4.78, 5) is 27.1. The van der Waals surface area contributed by atoms with Crippen molar-refractivity contribution in [2.45, 2.75) is 11.8 Å². The van der Waals surface area contributed by atoms with Crippen molar-refractivity contribution in [1.82, 2.24) is 19.9 Å². The molecule has 1 unspecified atom stereocenters. The zero-order chi connectivity index (χ0) is 17.3. The molecule has 0 radical (unpaired) electrons. The molecule has 0 aliphatic rings. The predicted molar refractivity (Wildman–Crippen MR) is 89.1 cm³/mol. The molecule has 3 rings (SSSR count). The molecule has 3 heterocycles. The highest BCUT2D eigenvalue weighted by molar-refractivity contribution is 7.90. The van der Waals surface area contributed by atoms with E-state index in [0.29, 0.717) is 22.1 Å². The number of carbonyl (C=O) groups is 1. The Morgan fingerprint density at radius 3 is 2.75 bits per heavy atom. The van der Waals surface area contributed by atoms with E-state index in [1.165, 1.54) is 0 Å². The lowest BCUT2D eigenvalue weighted by Gasteiger charge is -2.07. The van der Waals surface area contributed by atoms with Gasteiger partial charge in [0.1, 0.15) is 11.9 Å². The molecule has 0 bridgehead atoms. The number of carboxylic acids is 1. The normalized spacial score (nSPS) is 12.1. The number of aromatic amines is 1. The molecular formula is C16H14N4O3S. The first-order chi connectivity index (χ1) is 11.5. The average Bonchev–Trinajstić information content (AvgIpc) is 2.97. The van der Waals surface area contributed by atoms with Crippen LogP contribution in [0.1, 0.15) is 16.2 Å². The minimum atomic E-state index is -1.12. The third kappa shape index (κ3) is 3.15. The number of aromatic nitrogens is 4. The number of hydrogen-bond acceptors (Lipinski definition) is 5. The van der Waals surface area contributed by atoms with Crippen molar-refractivity contribution < 1.29 is 14.5 Å². The number of rotatable bonds is 4. The van der Waals surface area contributed by atoms with Crippen molar-refractivity contribution in [3.8, 4) is 22.6 Å². The topological polar surface area (TPSA) is 115 Å². The summed E-state index contributed by atoms with van der Waals surface area (Å²) in [5.74, 6) is -0.705. The maximum Gasteiger partial charge on any atom is 0.356 e. The van der Waals surface area contributed by atoms with Gasteiger partial charge in [0, 0.05) is 29.7 Å². The summed E-state index contributed by atoms with van der Waals surface area (Å²) in [6.45, 7) is 1.65. The fourth-order valence-corrected chi connectivity index (χ4v) is 2.77. The summed E-state index contributed by atoms with van der Waals surface area (Å²) < 4.78 is 11.6. The lowest BCUT2D eigenvalue weighted by atomic mass is 10.1. The summed E-state index contributed by atoms with van der Waals surface area (Å²) in [6.07, 6.45) is 6.44. The highest BCUT2D eigenvalue weighted by Gasteiger charge is 2.16. The van der Waals surface area contributed by atoms with E-state index in [4.69, 9.17) is 5.11 Å². The first kappa shape index (κ1) is 16.2. The Bertz CT molecular complexity index is 908. The lowest BCUT2D eigenvalue weighted by Crippen LogP contribution is -1.99. The minimum absolute atomic E-state index is 0.0257. The molecule has 0 amide bonds. The van der Waals surface area contributed by atoms with Crippen LogP contribution in [-0.2, 0) is 11.2 Å². The predicted octanol–water partition coefficient (Wildman–Crippen LogP) is 2.28. The van der Waals surface area contributed by atoms with E-state index >= 15 is 0 Å². The lowest BCUT2D eigenvalue weighted by molar-refractivity contribution is 0.0690. The molecule has 8 heteroatoms. The van der Waals surface area contributed by atoms with Crippen LogP contribution >= 0.6 is 0 Å². The third-order valence-corrected chi connectivity index (χ3v) is 4.36. The Morgan fingerprint density at radius 1 is 1.29 bits per heavy atom. The van der Waals surface area contributed by atoms with Gasteiger partial charge in [-0.2, -0.15) is 0 Å². The van der Waals surface area contributed by atoms with Crippen molar-refractivity contribution in [2.24, 2.45) is 0 Å². The number of nitrogens with zero attached hydrogens (tertiary/aromatic N) is 3. The first-order valence-corrected chi connectivity index (χ1v) is 8.56. The van der Waals surface area contributed by atoms with E-state index in [9.17, 15) is 9.35 Å². The van der Waals surface area contributed by atoms with E-state index < -0.39 is 17.1 Å². The van der Waals surface area contributed by atoms with Crippen LogP contribution in [0, 0.1) is 6.92 Å². The fraction of sp³-hybridized carbons (Fsp3) is 0.125. The van der Waals surface area contributed by atoms with Crippen LogP contribution < -0.4 is 0 Å². The molecule has 0 aromatic carbocycles. The van der Waals surface area contributed by atoms with E-state index in [1.807, 2.05) is 0 Å². The Kier molecular flexibility index (Phi) is 4.32. The van der Waals surface area contributed by atoms with Gasteiger partial charge in [-0.25, -0.2) is 9.78 Å². The number of pyridine rings is 2. The molecule has 122 valence electrons. The molecule has 0 saturated heterocycles. The second-order valence-corrected chi connectivity index (χ2v) is 6.54. The second-order valence-electron chi connectivity index (χ2n) is 5.16. The maximum absolute atomic E-state index is 11.6. The Hall–Kier alpha value is -2.71. The summed E-state index contributed by atoms with van der Waals surface area (Å²) >= 11 is -1.12. The standard InChI is InChI=1S/C16H14N4O3S/c1-9-14(16(21)22)20-15(19-9)13-6-10(3-4-18-13)11-5-12(24(2)23)8-17-7-11/h3-8H,1-2H3,(H,19,20)(H,21,22). The van der Waals surface area contributed by atoms with Crippen LogP contribution in [0.5, 0.6) is 0 Å². The smallest absolute Gasteiger partial charge is 0.356 e. The van der Waals surface area contributed by atoms with Crippen LogP contribution in [-0.4, -0.2) is 41.8 Å². The van der Waals surface area contributed by atoms with Gasteiger partial charge in [0.2, 0.25) is 0 Å². The average molecular weight is 342 g/mol. The zero-order valence-corrected chi connectivity index (χ0v) is 13.8. The van der Waals surface area contributed by atoms with Gasteiger partial charge < -0.3 is 14.6 Å². The van der Waals surface area contributed by atoms with Crippen LogP contribution in [0.3, 0.4) is 0 Å². The first-order valence-electron chi connectivity index (χ1n) is 7.01. The Labute approximate surface area is 141 Å². The number of imidazole rings is 1. The van der Waals surface area contributed by atoms with Crippen LogP contribution in [0.15, 0.2) is 41.7 Å². The van der Waals surface area contributed by atoms with Crippen molar-refractivity contribution in [3.05, 3.63) is 48.2 Å². The zero-order valence-electron chi connectivity index (χ0n) is 13.0. The quantitative estimate of drug-likeness (QED) is 0.703. The van der Waals surface area contributed by atoms with Gasteiger partial charge in [0.25, 0.3) is 0 Å². The van der Waals surface area contributed by atoms with E-state index in [1.54, 1.807) is 50.0 Å². The van der Waals surface area contributed by atoms with E-state index in [0.717, 1.165) is 11.1 Å². The Balaban J connectivity index is 2.02. The van der Waals surface area contributed by atoms with Gasteiger partial charge in [-0.15, -0.1) is 0 Å². The molecule has 2 N–H and O–H groups in total. The van der Waals surface area contributed by atoms with Crippen LogP contribution in [0.2, 0.25) is 0 Å². The van der Waals surface area contributed by atoms with E-state index in [2.05, 4.69) is 19.9 Å². The SMILES string of the molecule is Cc1[nH]c(-c2cc(-c3cncc([S+](C)[O-])c3)ccn2)nc1C(=O)O. The molecule has 1 atom stereocenters. The number of hydrogen-bond donors (Lipinski definition) is 2. The van der Waals surface area contributed by atoms with Crippen molar-refractivity contribution in [1.29, 1.82) is 0 Å². The molecule has 0 saturated carbocycles. The van der Waals surface area contributed by atoms with Crippen molar-refractivity contribution >= 4 is 17.1 Å². The van der Waals surface area contributed by atoms with Gasteiger partial charge in [-0.3, -0.25) is 9.97 Å². The van der Waals surface area contributed by atoms with Gasteiger partial charge in [0.15, 0.2) is 16.4 Å². The summed E-state index contributed by atoms with van der Waals surface area (Å²) in [5.41, 5.74) is 2.59. The number of aromatic carboxylic acids is 1. The number of aryl methyl sites for hydroxylation is 1. The van der Waals surface area contributed by atoms with Gasteiger partial charge in [-0.1, -0.05) is 0 Å². The van der Waals surface area contributed by atoms with Crippen LogP contribution in [0.25, 0.3) is 22.6 Å². The Morgan fingerprint density at radius 2 is 2.08 bits per heavy atom. The minimum Gasteiger partial charge on any atom is -0.612 e. The van der Waals surface area contributed by atoms with Crippen molar-refractivity contribution in [2.75, 3.05) is 6.26 Å². The molecule has 0 aliphatic carbocycles. The van der Waals surface area contributed by atoms with Gasteiger partial charge in [-0.05, 0) is 35.8 Å². The highest BCUT2D eigenvalue weighted by atomic mass is 32.2. The molecule has 24 heavy (non-hydrogen) atoms. The monoisotopic (exact) mass is 342 g/mol. The van der Waals surface area contributed by atoms with E-state index in [-0.39, 0.29) is 5.69 Å². The second kappa shape index (κ2) is 6.42. The molecule has 0 spiro atoms. The van der Waals surface area contributed by atoms with Crippen LogP contribution in [0.4, 0.5) is 0 Å². The molecular weight excluding hydrogens is 328 g/mol. The molecule has 0 fully saturated rings. The van der Waals surface area contributed by atoms with Gasteiger partial charge >= 0.3 is 5.97 Å². The summed E-state index contributed by atoms with van der Waals surface area (Å²) in [7, 11) is 0. The largest absolute Gasteiger partial charge is 0.612 e. The summed E-state index contributed by atoms with van der Waals surface area (Å²) in [6, 6.07) is 5.39. The highest BCUT2D eigenvalue weighted by Crippen LogP contribution is 2.25. The van der Waals surface area contributed by atoms with Gasteiger partial charge in [0.05, 0.1) is 6.20 Å². The molecule has 7 nitrogen and oxygen atoms in total. The summed E-state index contributed by atoms with van der Waals surface area (Å²) in [5, 5.41) is 9.10. The molecule has 3 aromatic rings. The number of H-pyrrole nitrogens is 1. The third-order valence-electron chi connectivity index (χ3n) is 3.47. The number of nitrogens with one attached hydrogen (secondary N) is 1. The van der Waals surface area contributed by atoms with Crippen molar-refractivity contribution in [3.63, 3.8) is 0 Å².